The maximum Gasteiger partial charge on any atom is 0.0534 e. The summed E-state index contributed by atoms with van der Waals surface area (Å²) < 4.78 is 0. The molecule has 0 aromatic heterocycles. The van der Waals surface area contributed by atoms with E-state index in [0.29, 0.717) is 0 Å². The van der Waals surface area contributed by atoms with Gasteiger partial charge >= 0.3 is 0 Å². The van der Waals surface area contributed by atoms with Crippen LogP contribution < -0.4 is 4.90 Å². The fourth-order valence-electron chi connectivity index (χ4n) is 10.1. The minimum Gasteiger partial charge on any atom is -0.309 e. The number of fused-ring (bicyclic) bond motifs is 6. The molecule has 0 saturated carbocycles. The molecule has 0 saturated heterocycles. The van der Waals surface area contributed by atoms with Gasteiger partial charge in [-0.2, -0.15) is 0 Å². The van der Waals surface area contributed by atoms with E-state index in [1.165, 1.54) is 61.2 Å². The first-order chi connectivity index (χ1) is 31.2. The lowest BCUT2D eigenvalue weighted by Crippen LogP contribution is -2.26. The minimum atomic E-state index is -0.474. The lowest BCUT2D eigenvalue weighted by molar-refractivity contribution is 0.705. The molecule has 1 unspecified atom stereocenters. The molecule has 0 bridgehead atoms. The topological polar surface area (TPSA) is 3.24 Å². The summed E-state index contributed by atoms with van der Waals surface area (Å²) in [5.41, 5.74) is 21.0. The number of hydrogen-bond acceptors (Lipinski definition) is 2. The summed E-state index contributed by atoms with van der Waals surface area (Å²) >= 11 is 5.44. The van der Waals surface area contributed by atoms with Crippen LogP contribution in [-0.4, -0.2) is 0 Å². The molecule has 5 aromatic carbocycles. The lowest BCUT2D eigenvalue weighted by Gasteiger charge is -2.36. The molecule has 1 nitrogen and oxygen atoms in total. The molecule has 0 N–H and O–H groups in total. The molecule has 0 aliphatic heterocycles. The summed E-state index contributed by atoms with van der Waals surface area (Å²) in [6.07, 6.45) is 37.9. The van der Waals surface area contributed by atoms with Crippen molar-refractivity contribution >= 4 is 36.2 Å². The van der Waals surface area contributed by atoms with Crippen molar-refractivity contribution < 1.29 is 0 Å². The Labute approximate surface area is 388 Å². The zero-order valence-corrected chi connectivity index (χ0v) is 38.8. The molecule has 4 aliphatic carbocycles. The van der Waals surface area contributed by atoms with Crippen LogP contribution in [0, 0.1) is 13.8 Å². The summed E-state index contributed by atoms with van der Waals surface area (Å²) in [4.78, 5) is 3.38. The Morgan fingerprint density at radius 1 is 0.750 bits per heavy atom. The third kappa shape index (κ3) is 8.20. The molecule has 0 fully saturated rings. The Morgan fingerprint density at radius 3 is 2.16 bits per heavy atom. The fourth-order valence-corrected chi connectivity index (χ4v) is 10.4. The maximum atomic E-state index is 5.44. The Bertz CT molecular complexity index is 2860. The first-order valence-corrected chi connectivity index (χ1v) is 23.1. The Morgan fingerprint density at radius 2 is 1.44 bits per heavy atom. The van der Waals surface area contributed by atoms with Gasteiger partial charge in [0.15, 0.2) is 0 Å². The van der Waals surface area contributed by atoms with Crippen LogP contribution in [0.25, 0.3) is 34.4 Å². The van der Waals surface area contributed by atoms with Gasteiger partial charge in [0, 0.05) is 21.6 Å². The van der Waals surface area contributed by atoms with Gasteiger partial charge in [0.05, 0.1) is 11.4 Å². The Hall–Kier alpha value is -6.61. The fraction of sp³-hybridized carbons (Fsp3) is 0.161. The van der Waals surface area contributed by atoms with E-state index in [4.69, 9.17) is 19.2 Å². The minimum absolute atomic E-state index is 0.474. The van der Waals surface area contributed by atoms with E-state index < -0.39 is 5.41 Å². The van der Waals surface area contributed by atoms with E-state index in [1.54, 1.807) is 0 Å². The second-order valence-corrected chi connectivity index (χ2v) is 17.5. The second-order valence-electron chi connectivity index (χ2n) is 17.0. The molecule has 9 rings (SSSR count). The van der Waals surface area contributed by atoms with Gasteiger partial charge in [0.2, 0.25) is 0 Å². The number of benzene rings is 5. The van der Waals surface area contributed by atoms with Crippen molar-refractivity contribution in [3.05, 3.63) is 257 Å². The highest BCUT2D eigenvalue weighted by Crippen LogP contribution is 2.59. The molecule has 0 radical (unpaired) electrons. The standard InChI is InChI=1S/C56H53NS.C6H6/c1-8-10-25-43(9-2)56(7)50-30-22-21-29-48(50)52-53(56)39(5)54(40(6)55(52)58)57(51-31-16-14-12-11-13-15-23-37(3)38(51)4)44-34-32-41(33-35-44)49-36-42-24-17-18-26-45(42)46-27-19-20-28-47(46)49;1-2-4-6-5-3-1/h8-11,13-17,20-25,28-36,58H,2-4,12,18-19,26-27H2,1,5-7H3;1-6H/b10-8-,13-11-,16-14-,23-15-,43-25+,51-31+;. The van der Waals surface area contributed by atoms with Gasteiger partial charge in [-0.1, -0.05) is 178 Å². The Kier molecular flexibility index (Phi) is 13.4. The largest absolute Gasteiger partial charge is 0.309 e. The van der Waals surface area contributed by atoms with Crippen molar-refractivity contribution in [3.8, 4) is 22.3 Å². The molecule has 318 valence electrons. The molecule has 64 heavy (non-hydrogen) atoms. The number of thiol groups is 1. The summed E-state index contributed by atoms with van der Waals surface area (Å²) in [7, 11) is 0. The Balaban J connectivity index is 0.000000863. The first kappa shape index (κ1) is 44.0. The van der Waals surface area contributed by atoms with E-state index >= 15 is 0 Å². The van der Waals surface area contributed by atoms with E-state index in [0.717, 1.165) is 76.4 Å². The summed E-state index contributed by atoms with van der Waals surface area (Å²) in [6, 6.07) is 32.4. The molecule has 0 amide bonds. The number of rotatable bonds is 7. The third-order valence-corrected chi connectivity index (χ3v) is 13.8. The van der Waals surface area contributed by atoms with Crippen molar-refractivity contribution in [1.29, 1.82) is 0 Å². The highest BCUT2D eigenvalue weighted by atomic mass is 32.1. The molecule has 4 aliphatic rings. The van der Waals surface area contributed by atoms with Gasteiger partial charge < -0.3 is 4.90 Å². The first-order valence-electron chi connectivity index (χ1n) is 22.6. The van der Waals surface area contributed by atoms with Crippen LogP contribution in [0.5, 0.6) is 0 Å². The van der Waals surface area contributed by atoms with E-state index in [2.05, 4.69) is 185 Å². The van der Waals surface area contributed by atoms with Crippen LogP contribution in [0.2, 0.25) is 0 Å². The third-order valence-electron chi connectivity index (χ3n) is 13.2. The lowest BCUT2D eigenvalue weighted by atomic mass is 9.71. The van der Waals surface area contributed by atoms with Gasteiger partial charge in [0.1, 0.15) is 0 Å². The van der Waals surface area contributed by atoms with Gasteiger partial charge in [-0.3, -0.25) is 0 Å². The monoisotopic (exact) mass is 849 g/mol. The number of anilines is 2. The van der Waals surface area contributed by atoms with Crippen LogP contribution in [0.1, 0.15) is 77.6 Å². The van der Waals surface area contributed by atoms with Gasteiger partial charge in [-0.05, 0) is 162 Å². The van der Waals surface area contributed by atoms with Crippen molar-refractivity contribution in [3.63, 3.8) is 0 Å². The van der Waals surface area contributed by atoms with E-state index in [1.807, 2.05) is 42.5 Å². The second kappa shape index (κ2) is 19.4. The predicted octanol–water partition coefficient (Wildman–Crippen LogP) is 17.0. The van der Waals surface area contributed by atoms with Crippen molar-refractivity contribution in [2.24, 2.45) is 0 Å². The summed E-state index contributed by atoms with van der Waals surface area (Å²) in [5.74, 6) is 0. The summed E-state index contributed by atoms with van der Waals surface area (Å²) in [6.45, 7) is 22.5. The normalized spacial score (nSPS) is 19.8. The summed E-state index contributed by atoms with van der Waals surface area (Å²) in [5, 5.41) is 0. The molecule has 5 aromatic rings. The molecule has 2 heteroatoms. The number of allylic oxidation sites excluding steroid dienone is 15. The highest BCUT2D eigenvalue weighted by Gasteiger charge is 2.45. The highest BCUT2D eigenvalue weighted by molar-refractivity contribution is 7.80. The molecular weight excluding hydrogens is 791 g/mol. The predicted molar refractivity (Wildman–Crippen MR) is 282 cm³/mol. The van der Waals surface area contributed by atoms with Crippen LogP contribution in [-0.2, 0) is 18.3 Å². The average molecular weight is 850 g/mol. The quantitative estimate of drug-likeness (QED) is 0.126. The molecule has 1 atom stereocenters. The number of hydrogen-bond donors (Lipinski definition) is 1. The SMILES string of the molecule is C=C/C(=C\C=C/C)C1(C)c2ccccc2-c2c(S)c(C)c(N(/C3=C/C=C\C/C=C\C=C/C(=C)C3=C)c3ccc(-c4cc5c(c6c4C=CCC6)CCC=C5)cc3)c(C)c21.c1ccccc1. The van der Waals surface area contributed by atoms with E-state index in [9.17, 15) is 0 Å². The van der Waals surface area contributed by atoms with Crippen LogP contribution in [0.4, 0.5) is 11.4 Å². The van der Waals surface area contributed by atoms with Crippen LogP contribution >= 0.6 is 12.6 Å². The van der Waals surface area contributed by atoms with Gasteiger partial charge in [0.25, 0.3) is 0 Å². The van der Waals surface area contributed by atoms with Crippen molar-refractivity contribution in [2.75, 3.05) is 4.90 Å². The van der Waals surface area contributed by atoms with Gasteiger partial charge in [-0.15, -0.1) is 12.6 Å². The molecule has 0 spiro atoms. The van der Waals surface area contributed by atoms with E-state index in [-0.39, 0.29) is 0 Å². The molecule has 0 heterocycles. The van der Waals surface area contributed by atoms with Crippen LogP contribution in [0.3, 0.4) is 0 Å². The van der Waals surface area contributed by atoms with Crippen molar-refractivity contribution in [2.45, 2.75) is 70.1 Å². The zero-order chi connectivity index (χ0) is 44.8. The average Bonchev–Trinajstić information content (AvgIpc) is 3.59. The van der Waals surface area contributed by atoms with Gasteiger partial charge in [-0.25, -0.2) is 0 Å². The maximum absolute atomic E-state index is 5.44. The smallest absolute Gasteiger partial charge is 0.0534 e. The molecular formula is C62H59NS. The number of nitrogens with zero attached hydrogens (tertiary/aromatic N) is 1. The zero-order valence-electron chi connectivity index (χ0n) is 37.9. The van der Waals surface area contributed by atoms with Crippen molar-refractivity contribution in [1.82, 2.24) is 0 Å². The van der Waals surface area contributed by atoms with Crippen LogP contribution in [0.15, 0.2) is 217 Å².